The highest BCUT2D eigenvalue weighted by Gasteiger charge is 2.35. The number of ether oxygens (including phenoxy) is 2. The number of fused-ring (bicyclic) bond motifs is 2. The van der Waals surface area contributed by atoms with Crippen molar-refractivity contribution >= 4 is 34.8 Å². The highest BCUT2D eigenvalue weighted by molar-refractivity contribution is 6.32. The fourth-order valence-corrected chi connectivity index (χ4v) is 3.84. The van der Waals surface area contributed by atoms with Crippen LogP contribution in [0.15, 0.2) is 60.7 Å². The Labute approximate surface area is 191 Å². The third-order valence-electron chi connectivity index (χ3n) is 5.27. The molecule has 0 radical (unpaired) electrons. The van der Waals surface area contributed by atoms with Gasteiger partial charge >= 0.3 is 0 Å². The van der Waals surface area contributed by atoms with Gasteiger partial charge < -0.3 is 14.8 Å². The number of carbonyl (C=O) groups is 2. The average Bonchev–Trinajstić information content (AvgIpc) is 3.29. The van der Waals surface area contributed by atoms with Gasteiger partial charge in [-0.25, -0.2) is 5.01 Å². The number of carbonyl (C=O) groups excluding carboxylic acids is 2. The van der Waals surface area contributed by atoms with Crippen molar-refractivity contribution in [3.63, 3.8) is 0 Å². The van der Waals surface area contributed by atoms with E-state index < -0.39 is 22.9 Å². The van der Waals surface area contributed by atoms with Crippen molar-refractivity contribution in [2.24, 2.45) is 0 Å². The molecular formula is C22H15ClN4O6. The van der Waals surface area contributed by atoms with Gasteiger partial charge in [-0.3, -0.25) is 25.1 Å². The molecule has 2 N–H and O–H groups in total. The summed E-state index contributed by atoms with van der Waals surface area (Å²) in [6, 6.07) is 15.6. The van der Waals surface area contributed by atoms with Gasteiger partial charge in [0, 0.05) is 22.9 Å². The molecule has 3 aromatic rings. The predicted octanol–water partition coefficient (Wildman–Crippen LogP) is 3.89. The van der Waals surface area contributed by atoms with E-state index in [9.17, 15) is 19.7 Å². The molecule has 3 aromatic carbocycles. The van der Waals surface area contributed by atoms with Crippen LogP contribution in [-0.2, 0) is 0 Å². The Kier molecular flexibility index (Phi) is 4.98. The highest BCUT2D eigenvalue weighted by Crippen LogP contribution is 2.36. The Morgan fingerprint density at radius 3 is 2.73 bits per heavy atom. The molecule has 0 saturated carbocycles. The van der Waals surface area contributed by atoms with E-state index in [4.69, 9.17) is 21.1 Å². The number of nitro groups is 1. The van der Waals surface area contributed by atoms with Crippen LogP contribution in [0.25, 0.3) is 0 Å². The lowest BCUT2D eigenvalue weighted by molar-refractivity contribution is -0.384. The quantitative estimate of drug-likeness (QED) is 0.441. The molecule has 1 atom stereocenters. The second-order valence-corrected chi connectivity index (χ2v) is 7.65. The fourth-order valence-electron chi connectivity index (χ4n) is 3.65. The lowest BCUT2D eigenvalue weighted by atomic mass is 10.0. The molecule has 2 aliphatic heterocycles. The lowest BCUT2D eigenvalue weighted by Crippen LogP contribution is -2.52. The first-order valence-electron chi connectivity index (χ1n) is 9.76. The van der Waals surface area contributed by atoms with Gasteiger partial charge in [0.05, 0.1) is 10.5 Å². The van der Waals surface area contributed by atoms with Crippen LogP contribution in [0, 0.1) is 10.1 Å². The zero-order valence-electron chi connectivity index (χ0n) is 16.8. The first-order chi connectivity index (χ1) is 15.9. The zero-order valence-corrected chi connectivity index (χ0v) is 17.5. The molecule has 1 unspecified atom stereocenters. The molecule has 2 amide bonds. The number of anilines is 1. The van der Waals surface area contributed by atoms with Gasteiger partial charge in [-0.2, -0.15) is 0 Å². The van der Waals surface area contributed by atoms with Gasteiger partial charge in [0.1, 0.15) is 11.2 Å². The predicted molar refractivity (Wildman–Crippen MR) is 117 cm³/mol. The van der Waals surface area contributed by atoms with E-state index in [0.717, 1.165) is 5.01 Å². The molecule has 33 heavy (non-hydrogen) atoms. The molecule has 166 valence electrons. The number of rotatable bonds is 4. The summed E-state index contributed by atoms with van der Waals surface area (Å²) < 4.78 is 10.6. The number of hydrogen-bond donors (Lipinski definition) is 2. The van der Waals surface area contributed by atoms with Crippen LogP contribution in [0.2, 0.25) is 5.02 Å². The second-order valence-electron chi connectivity index (χ2n) is 7.24. The zero-order chi connectivity index (χ0) is 23.1. The fraction of sp³-hybridized carbons (Fsp3) is 0.0909. The smallest absolute Gasteiger partial charge is 0.288 e. The number of amides is 2. The summed E-state index contributed by atoms with van der Waals surface area (Å²) in [5.74, 6) is -0.124. The molecule has 2 heterocycles. The van der Waals surface area contributed by atoms with E-state index >= 15 is 0 Å². The number of hydrogen-bond acceptors (Lipinski definition) is 7. The van der Waals surface area contributed by atoms with Gasteiger partial charge in [-0.05, 0) is 36.4 Å². The number of para-hydroxylation sites is 1. The van der Waals surface area contributed by atoms with Crippen molar-refractivity contribution < 1.29 is 24.0 Å². The monoisotopic (exact) mass is 466 g/mol. The van der Waals surface area contributed by atoms with Crippen molar-refractivity contribution in [2.45, 2.75) is 6.17 Å². The second kappa shape index (κ2) is 7.99. The number of hydrazine groups is 1. The molecule has 5 rings (SSSR count). The third kappa shape index (κ3) is 3.66. The maximum absolute atomic E-state index is 13.3. The topological polar surface area (TPSA) is 123 Å². The molecular weight excluding hydrogens is 452 g/mol. The summed E-state index contributed by atoms with van der Waals surface area (Å²) in [6.07, 6.45) is -0.929. The van der Waals surface area contributed by atoms with Gasteiger partial charge in [-0.1, -0.05) is 29.8 Å². The van der Waals surface area contributed by atoms with Crippen LogP contribution >= 0.6 is 11.6 Å². The standard InChI is InChI=1S/C22H15ClN4O6/c23-15-7-5-12(9-17(15)27(30)31)20-24-16-4-2-1-3-14(16)22(29)26(20)25-21(28)13-6-8-18-19(10-13)33-11-32-18/h1-10,20,24H,11H2,(H,25,28). The minimum absolute atomic E-state index is 0.0396. The number of nitrogens with one attached hydrogen (secondary N) is 2. The van der Waals surface area contributed by atoms with Crippen LogP contribution in [0.5, 0.6) is 11.5 Å². The van der Waals surface area contributed by atoms with Crippen molar-refractivity contribution in [2.75, 3.05) is 12.1 Å². The SMILES string of the molecule is O=C(NN1C(=O)c2ccccc2NC1c1ccc(Cl)c([N+](=O)[O-])c1)c1ccc2c(c1)OCO2. The number of benzene rings is 3. The Morgan fingerprint density at radius 2 is 1.91 bits per heavy atom. The molecule has 11 heteroatoms. The maximum atomic E-state index is 13.3. The molecule has 0 fully saturated rings. The first-order valence-corrected chi connectivity index (χ1v) is 10.1. The molecule has 0 saturated heterocycles. The molecule has 0 aromatic heterocycles. The Balaban J connectivity index is 1.52. The minimum Gasteiger partial charge on any atom is -0.454 e. The molecule has 0 bridgehead atoms. The van der Waals surface area contributed by atoms with E-state index in [0.29, 0.717) is 28.3 Å². The Bertz CT molecular complexity index is 1310. The van der Waals surface area contributed by atoms with Crippen LogP contribution < -0.4 is 20.2 Å². The van der Waals surface area contributed by atoms with Crippen molar-refractivity contribution in [1.82, 2.24) is 10.4 Å². The number of nitrogens with zero attached hydrogens (tertiary/aromatic N) is 2. The number of nitro benzene ring substituents is 1. The van der Waals surface area contributed by atoms with Gasteiger partial charge in [0.25, 0.3) is 17.5 Å². The molecule has 0 aliphatic carbocycles. The normalized spacial score (nSPS) is 16.1. The molecule has 10 nitrogen and oxygen atoms in total. The van der Waals surface area contributed by atoms with Crippen LogP contribution in [0.3, 0.4) is 0 Å². The van der Waals surface area contributed by atoms with Gasteiger partial charge in [-0.15, -0.1) is 0 Å². The van der Waals surface area contributed by atoms with Gasteiger partial charge in [0.2, 0.25) is 6.79 Å². The van der Waals surface area contributed by atoms with E-state index in [-0.39, 0.29) is 23.1 Å². The summed E-state index contributed by atoms with van der Waals surface area (Å²) in [5.41, 5.74) is 3.76. The molecule has 2 aliphatic rings. The summed E-state index contributed by atoms with van der Waals surface area (Å²) in [5, 5.41) is 15.6. The van der Waals surface area contributed by atoms with Crippen LogP contribution in [0.1, 0.15) is 32.4 Å². The highest BCUT2D eigenvalue weighted by atomic mass is 35.5. The number of halogens is 1. The van der Waals surface area contributed by atoms with Gasteiger partial charge in [0.15, 0.2) is 11.5 Å². The average molecular weight is 467 g/mol. The Hall–Kier alpha value is -4.31. The third-order valence-corrected chi connectivity index (χ3v) is 5.59. The largest absolute Gasteiger partial charge is 0.454 e. The van der Waals surface area contributed by atoms with E-state index in [1.807, 2.05) is 0 Å². The minimum atomic E-state index is -0.929. The van der Waals surface area contributed by atoms with Crippen LogP contribution in [0.4, 0.5) is 11.4 Å². The Morgan fingerprint density at radius 1 is 1.12 bits per heavy atom. The summed E-state index contributed by atoms with van der Waals surface area (Å²) in [4.78, 5) is 37.1. The van der Waals surface area contributed by atoms with E-state index in [1.165, 1.54) is 18.2 Å². The first kappa shape index (κ1) is 20.6. The summed E-state index contributed by atoms with van der Waals surface area (Å²) in [7, 11) is 0. The summed E-state index contributed by atoms with van der Waals surface area (Å²) in [6.45, 7) is 0.0587. The van der Waals surface area contributed by atoms with Crippen LogP contribution in [-0.4, -0.2) is 28.5 Å². The summed E-state index contributed by atoms with van der Waals surface area (Å²) >= 11 is 5.95. The van der Waals surface area contributed by atoms with Crippen molar-refractivity contribution in [3.8, 4) is 11.5 Å². The lowest BCUT2D eigenvalue weighted by Gasteiger charge is -2.37. The van der Waals surface area contributed by atoms with E-state index in [2.05, 4.69) is 10.7 Å². The van der Waals surface area contributed by atoms with Crippen molar-refractivity contribution in [1.29, 1.82) is 0 Å². The maximum Gasteiger partial charge on any atom is 0.288 e. The van der Waals surface area contributed by atoms with E-state index in [1.54, 1.807) is 42.5 Å². The molecule has 0 spiro atoms. The van der Waals surface area contributed by atoms with Crippen molar-refractivity contribution in [3.05, 3.63) is 92.5 Å².